The van der Waals surface area contributed by atoms with Crippen molar-refractivity contribution in [2.24, 2.45) is 5.84 Å². The van der Waals surface area contributed by atoms with E-state index in [2.05, 4.69) is 78.2 Å². The maximum Gasteiger partial charge on any atom is 0.107 e. The van der Waals surface area contributed by atoms with Gasteiger partial charge in [0.2, 0.25) is 0 Å². The topological polar surface area (TPSA) is 38.0 Å². The number of benzene rings is 3. The van der Waals surface area contributed by atoms with E-state index in [-0.39, 0.29) is 0 Å². The van der Waals surface area contributed by atoms with E-state index in [1.54, 1.807) is 0 Å². The van der Waals surface area contributed by atoms with Crippen LogP contribution < -0.4 is 11.3 Å². The molecular weight excluding hydrogens is 340 g/mol. The SMILES string of the molecule is NNC(c1ccccc1)(c1ccccc1)c1ccc(C2CCCCCC2)cc1. The van der Waals surface area contributed by atoms with Crippen molar-refractivity contribution in [1.29, 1.82) is 0 Å². The van der Waals surface area contributed by atoms with Gasteiger partial charge in [-0.3, -0.25) is 5.84 Å². The van der Waals surface area contributed by atoms with Crippen molar-refractivity contribution in [2.45, 2.75) is 50.0 Å². The van der Waals surface area contributed by atoms with Crippen molar-refractivity contribution in [3.05, 3.63) is 107 Å². The second-order valence-electron chi connectivity index (χ2n) is 7.94. The van der Waals surface area contributed by atoms with Crippen molar-refractivity contribution in [1.82, 2.24) is 5.43 Å². The molecule has 3 aromatic carbocycles. The first-order valence-electron chi connectivity index (χ1n) is 10.5. The average Bonchev–Trinajstić information content (AvgIpc) is 3.06. The Kier molecular flexibility index (Phi) is 5.90. The van der Waals surface area contributed by atoms with Crippen LogP contribution in [0.2, 0.25) is 0 Å². The summed E-state index contributed by atoms with van der Waals surface area (Å²) in [7, 11) is 0. The van der Waals surface area contributed by atoms with Crippen molar-refractivity contribution in [3.8, 4) is 0 Å². The van der Waals surface area contributed by atoms with E-state index in [4.69, 9.17) is 5.84 Å². The van der Waals surface area contributed by atoms with E-state index in [1.807, 2.05) is 12.1 Å². The lowest BCUT2D eigenvalue weighted by molar-refractivity contribution is 0.488. The predicted octanol–water partition coefficient (Wildman–Crippen LogP) is 5.88. The number of rotatable bonds is 5. The van der Waals surface area contributed by atoms with Crippen molar-refractivity contribution < 1.29 is 0 Å². The quantitative estimate of drug-likeness (QED) is 0.255. The Labute approximate surface area is 168 Å². The van der Waals surface area contributed by atoms with Gasteiger partial charge >= 0.3 is 0 Å². The fourth-order valence-electron chi connectivity index (χ4n) is 4.74. The van der Waals surface area contributed by atoms with Gasteiger partial charge in [-0.15, -0.1) is 0 Å². The third-order valence-corrected chi connectivity index (χ3v) is 6.30. The molecule has 4 rings (SSSR count). The van der Waals surface area contributed by atoms with Crippen LogP contribution in [0, 0.1) is 0 Å². The third-order valence-electron chi connectivity index (χ3n) is 6.30. The Morgan fingerprint density at radius 3 is 1.54 bits per heavy atom. The first-order chi connectivity index (χ1) is 13.8. The Morgan fingerprint density at radius 1 is 0.607 bits per heavy atom. The molecule has 0 unspecified atom stereocenters. The van der Waals surface area contributed by atoms with Crippen LogP contribution >= 0.6 is 0 Å². The van der Waals surface area contributed by atoms with Crippen LogP contribution in [0.25, 0.3) is 0 Å². The molecule has 28 heavy (non-hydrogen) atoms. The number of nitrogens with two attached hydrogens (primary N) is 1. The molecule has 0 heterocycles. The first kappa shape index (κ1) is 18.9. The Balaban J connectivity index is 1.77. The van der Waals surface area contributed by atoms with E-state index < -0.39 is 5.54 Å². The molecule has 0 bridgehead atoms. The van der Waals surface area contributed by atoms with E-state index >= 15 is 0 Å². The van der Waals surface area contributed by atoms with Crippen LogP contribution in [0.15, 0.2) is 84.9 Å². The number of nitrogens with one attached hydrogen (secondary N) is 1. The van der Waals surface area contributed by atoms with Crippen LogP contribution in [0.1, 0.15) is 66.7 Å². The van der Waals surface area contributed by atoms with Crippen LogP contribution in [0.4, 0.5) is 0 Å². The van der Waals surface area contributed by atoms with Gasteiger partial charge in [-0.25, -0.2) is 5.43 Å². The summed E-state index contributed by atoms with van der Waals surface area (Å²) in [6, 6.07) is 30.1. The van der Waals surface area contributed by atoms with Crippen molar-refractivity contribution in [2.75, 3.05) is 0 Å². The predicted molar refractivity (Wildman–Crippen MR) is 117 cm³/mol. The summed E-state index contributed by atoms with van der Waals surface area (Å²) < 4.78 is 0. The van der Waals surface area contributed by atoms with Gasteiger partial charge in [-0.05, 0) is 41.0 Å². The zero-order valence-corrected chi connectivity index (χ0v) is 16.5. The minimum absolute atomic E-state index is 0.565. The molecule has 2 nitrogen and oxygen atoms in total. The third kappa shape index (κ3) is 3.63. The summed E-state index contributed by atoms with van der Waals surface area (Å²) in [5, 5.41) is 0. The molecule has 0 aliphatic heterocycles. The Hall–Kier alpha value is -2.42. The summed E-state index contributed by atoms with van der Waals surface area (Å²) in [5.41, 5.74) is 7.54. The van der Waals surface area contributed by atoms with Gasteiger partial charge in [0.05, 0.1) is 0 Å². The lowest BCUT2D eigenvalue weighted by Crippen LogP contribution is -2.48. The van der Waals surface area contributed by atoms with Gasteiger partial charge in [0.25, 0.3) is 0 Å². The second-order valence-corrected chi connectivity index (χ2v) is 7.94. The molecular formula is C26H30N2. The molecule has 1 aliphatic rings. The molecule has 144 valence electrons. The van der Waals surface area contributed by atoms with E-state index in [9.17, 15) is 0 Å². The van der Waals surface area contributed by atoms with Gasteiger partial charge in [-0.1, -0.05) is 111 Å². The fraction of sp³-hybridized carbons (Fsp3) is 0.308. The monoisotopic (exact) mass is 370 g/mol. The summed E-state index contributed by atoms with van der Waals surface area (Å²) in [5.74, 6) is 6.95. The van der Waals surface area contributed by atoms with E-state index in [0.717, 1.165) is 11.1 Å². The van der Waals surface area contributed by atoms with Gasteiger partial charge in [-0.2, -0.15) is 0 Å². The standard InChI is InChI=1S/C26H30N2/c27-28-26(23-13-7-3-8-14-23,24-15-9-4-10-16-24)25-19-17-22(18-20-25)21-11-5-1-2-6-12-21/h3-4,7-10,13-21,28H,1-2,5-6,11-12,27H2. The lowest BCUT2D eigenvalue weighted by Gasteiger charge is -2.35. The molecule has 2 heteroatoms. The summed E-state index contributed by atoms with van der Waals surface area (Å²) >= 11 is 0. The highest BCUT2D eigenvalue weighted by Gasteiger charge is 2.35. The first-order valence-corrected chi connectivity index (χ1v) is 10.5. The maximum absolute atomic E-state index is 6.26. The summed E-state index contributed by atoms with van der Waals surface area (Å²) in [6.45, 7) is 0. The number of hydrogen-bond acceptors (Lipinski definition) is 2. The second kappa shape index (κ2) is 8.72. The molecule has 0 amide bonds. The normalized spacial score (nSPS) is 15.9. The molecule has 0 saturated heterocycles. The molecule has 1 aliphatic carbocycles. The maximum atomic E-state index is 6.26. The van der Waals surface area contributed by atoms with Gasteiger partial charge in [0.15, 0.2) is 0 Å². The zero-order chi connectivity index (χ0) is 19.2. The van der Waals surface area contributed by atoms with E-state index in [1.165, 1.54) is 49.7 Å². The molecule has 0 aromatic heterocycles. The molecule has 0 radical (unpaired) electrons. The fourth-order valence-corrected chi connectivity index (χ4v) is 4.74. The highest BCUT2D eigenvalue weighted by molar-refractivity contribution is 5.49. The zero-order valence-electron chi connectivity index (χ0n) is 16.5. The molecule has 3 aromatic rings. The van der Waals surface area contributed by atoms with Crippen LogP contribution in [0.5, 0.6) is 0 Å². The van der Waals surface area contributed by atoms with Crippen molar-refractivity contribution in [3.63, 3.8) is 0 Å². The summed E-state index contributed by atoms with van der Waals surface area (Å²) in [6.07, 6.45) is 8.12. The molecule has 3 N–H and O–H groups in total. The Morgan fingerprint density at radius 2 is 1.07 bits per heavy atom. The lowest BCUT2D eigenvalue weighted by atomic mass is 9.77. The molecule has 1 saturated carbocycles. The van der Waals surface area contributed by atoms with Crippen molar-refractivity contribution >= 4 is 0 Å². The highest BCUT2D eigenvalue weighted by Crippen LogP contribution is 2.38. The minimum atomic E-state index is -0.565. The van der Waals surface area contributed by atoms with Crippen LogP contribution in [-0.2, 0) is 5.54 Å². The highest BCUT2D eigenvalue weighted by atomic mass is 15.3. The number of hydrazine groups is 1. The summed E-state index contributed by atoms with van der Waals surface area (Å²) in [4.78, 5) is 0. The minimum Gasteiger partial charge on any atom is -0.270 e. The smallest absolute Gasteiger partial charge is 0.107 e. The molecule has 0 spiro atoms. The molecule has 0 atom stereocenters. The van der Waals surface area contributed by atoms with Gasteiger partial charge in [0, 0.05) is 0 Å². The largest absolute Gasteiger partial charge is 0.270 e. The van der Waals surface area contributed by atoms with Gasteiger partial charge in [0.1, 0.15) is 5.54 Å². The number of hydrogen-bond donors (Lipinski definition) is 2. The molecule has 1 fully saturated rings. The van der Waals surface area contributed by atoms with Crippen LogP contribution in [0.3, 0.4) is 0 Å². The Bertz CT molecular complexity index is 808. The average molecular weight is 371 g/mol. The van der Waals surface area contributed by atoms with Gasteiger partial charge < -0.3 is 0 Å². The van der Waals surface area contributed by atoms with E-state index in [0.29, 0.717) is 5.92 Å². The van der Waals surface area contributed by atoms with Crippen LogP contribution in [-0.4, -0.2) is 0 Å².